The van der Waals surface area contributed by atoms with E-state index in [1.165, 1.54) is 23.5 Å². The first kappa shape index (κ1) is 8.81. The number of hydrogen-bond acceptors (Lipinski definition) is 1. The normalized spacial score (nSPS) is 9.25. The van der Waals surface area contributed by atoms with Crippen LogP contribution in [-0.2, 0) is 0 Å². The summed E-state index contributed by atoms with van der Waals surface area (Å²) in [6, 6.07) is 8.31. The van der Waals surface area contributed by atoms with Gasteiger partial charge in [0.15, 0.2) is 0 Å². The van der Waals surface area contributed by atoms with Gasteiger partial charge in [0.05, 0.1) is 0 Å². The van der Waals surface area contributed by atoms with E-state index in [4.69, 9.17) is 0 Å². The molecule has 0 radical (unpaired) electrons. The minimum atomic E-state index is 1.22. The molecular weight excluding hydrogens is 148 g/mol. The SMILES string of the molecule is CN.Cc1c[nH]c2ccccc12. The van der Waals surface area contributed by atoms with E-state index >= 15 is 0 Å². The standard InChI is InChI=1S/C9H9N.CH5N/c1-7-6-10-9-5-3-2-4-8(7)9;1-2/h2-6,10H,1H3;2H2,1H3. The first-order valence-electron chi connectivity index (χ1n) is 3.98. The number of aromatic nitrogens is 1. The average molecular weight is 162 g/mol. The number of hydrogen-bond donors (Lipinski definition) is 2. The predicted molar refractivity (Wildman–Crippen MR) is 53.1 cm³/mol. The Kier molecular flexibility index (Phi) is 2.88. The van der Waals surface area contributed by atoms with E-state index in [1.807, 2.05) is 12.3 Å². The zero-order chi connectivity index (χ0) is 8.97. The number of fused-ring (bicyclic) bond motifs is 1. The zero-order valence-electron chi connectivity index (χ0n) is 7.46. The van der Waals surface area contributed by atoms with Gasteiger partial charge in [0, 0.05) is 17.1 Å². The Morgan fingerprint density at radius 3 is 2.50 bits per heavy atom. The highest BCUT2D eigenvalue weighted by Gasteiger charge is 1.94. The largest absolute Gasteiger partial charge is 0.361 e. The highest BCUT2D eigenvalue weighted by molar-refractivity contribution is 5.82. The number of nitrogens with two attached hydrogens (primary N) is 1. The Hall–Kier alpha value is -1.28. The molecule has 0 saturated heterocycles. The first-order chi connectivity index (χ1) is 5.88. The number of rotatable bonds is 0. The summed E-state index contributed by atoms with van der Waals surface area (Å²) < 4.78 is 0. The molecular formula is C10H14N2. The van der Waals surface area contributed by atoms with Gasteiger partial charge in [0.1, 0.15) is 0 Å². The van der Waals surface area contributed by atoms with Crippen LogP contribution in [0.3, 0.4) is 0 Å². The summed E-state index contributed by atoms with van der Waals surface area (Å²) in [6.45, 7) is 2.11. The molecule has 1 heterocycles. The fraction of sp³-hybridized carbons (Fsp3) is 0.200. The minimum absolute atomic E-state index is 1.22. The van der Waals surface area contributed by atoms with E-state index < -0.39 is 0 Å². The van der Waals surface area contributed by atoms with Crippen molar-refractivity contribution in [3.8, 4) is 0 Å². The number of H-pyrrole nitrogens is 1. The van der Waals surface area contributed by atoms with Gasteiger partial charge >= 0.3 is 0 Å². The van der Waals surface area contributed by atoms with Gasteiger partial charge in [0.25, 0.3) is 0 Å². The molecule has 64 valence electrons. The molecule has 2 nitrogen and oxygen atoms in total. The van der Waals surface area contributed by atoms with Crippen LogP contribution >= 0.6 is 0 Å². The molecule has 12 heavy (non-hydrogen) atoms. The van der Waals surface area contributed by atoms with Gasteiger partial charge in [-0.3, -0.25) is 0 Å². The molecule has 1 aromatic carbocycles. The van der Waals surface area contributed by atoms with Crippen molar-refractivity contribution < 1.29 is 0 Å². The van der Waals surface area contributed by atoms with E-state index in [-0.39, 0.29) is 0 Å². The average Bonchev–Trinajstić information content (AvgIpc) is 2.53. The van der Waals surface area contributed by atoms with E-state index in [9.17, 15) is 0 Å². The minimum Gasteiger partial charge on any atom is -0.361 e. The molecule has 1 aromatic heterocycles. The molecule has 0 fully saturated rings. The highest BCUT2D eigenvalue weighted by atomic mass is 14.7. The summed E-state index contributed by atoms with van der Waals surface area (Å²) in [6.07, 6.45) is 2.03. The van der Waals surface area contributed by atoms with Crippen LogP contribution in [0.1, 0.15) is 5.56 Å². The van der Waals surface area contributed by atoms with Gasteiger partial charge in [-0.15, -0.1) is 0 Å². The molecule has 2 rings (SSSR count). The van der Waals surface area contributed by atoms with Crippen LogP contribution in [0.15, 0.2) is 30.5 Å². The third kappa shape index (κ3) is 1.48. The highest BCUT2D eigenvalue weighted by Crippen LogP contribution is 2.15. The van der Waals surface area contributed by atoms with Gasteiger partial charge in [-0.05, 0) is 25.6 Å². The molecule has 0 atom stereocenters. The van der Waals surface area contributed by atoms with Crippen LogP contribution in [0.5, 0.6) is 0 Å². The number of aromatic amines is 1. The van der Waals surface area contributed by atoms with Crippen molar-refractivity contribution in [3.05, 3.63) is 36.0 Å². The molecule has 0 aliphatic rings. The molecule has 3 N–H and O–H groups in total. The van der Waals surface area contributed by atoms with Gasteiger partial charge in [-0.1, -0.05) is 18.2 Å². The smallest absolute Gasteiger partial charge is 0.0456 e. The third-order valence-corrected chi connectivity index (χ3v) is 1.80. The summed E-state index contributed by atoms with van der Waals surface area (Å²) in [5.74, 6) is 0. The van der Waals surface area contributed by atoms with Crippen molar-refractivity contribution >= 4 is 10.9 Å². The van der Waals surface area contributed by atoms with Crippen molar-refractivity contribution in [2.24, 2.45) is 5.73 Å². The Morgan fingerprint density at radius 2 is 1.83 bits per heavy atom. The van der Waals surface area contributed by atoms with Crippen LogP contribution in [0.4, 0.5) is 0 Å². The van der Waals surface area contributed by atoms with E-state index in [0.717, 1.165) is 0 Å². The Balaban J connectivity index is 0.000000336. The van der Waals surface area contributed by atoms with Gasteiger partial charge < -0.3 is 10.7 Å². The monoisotopic (exact) mass is 162 g/mol. The molecule has 0 aliphatic heterocycles. The van der Waals surface area contributed by atoms with Crippen LogP contribution in [-0.4, -0.2) is 12.0 Å². The fourth-order valence-corrected chi connectivity index (χ4v) is 1.22. The summed E-state index contributed by atoms with van der Waals surface area (Å²) in [7, 11) is 1.50. The molecule has 2 aromatic rings. The Bertz CT molecular complexity index is 349. The van der Waals surface area contributed by atoms with Crippen LogP contribution < -0.4 is 5.73 Å². The van der Waals surface area contributed by atoms with Crippen molar-refractivity contribution in [1.82, 2.24) is 4.98 Å². The van der Waals surface area contributed by atoms with Gasteiger partial charge in [-0.25, -0.2) is 0 Å². The van der Waals surface area contributed by atoms with E-state index in [2.05, 4.69) is 35.8 Å². The molecule has 0 spiro atoms. The number of para-hydroxylation sites is 1. The quantitative estimate of drug-likeness (QED) is 0.611. The first-order valence-corrected chi connectivity index (χ1v) is 3.98. The topological polar surface area (TPSA) is 41.8 Å². The molecule has 0 unspecified atom stereocenters. The van der Waals surface area contributed by atoms with E-state index in [1.54, 1.807) is 0 Å². The number of benzene rings is 1. The fourth-order valence-electron chi connectivity index (χ4n) is 1.22. The lowest BCUT2D eigenvalue weighted by atomic mass is 10.2. The molecule has 0 amide bonds. The number of aryl methyl sites for hydroxylation is 1. The zero-order valence-corrected chi connectivity index (χ0v) is 7.46. The molecule has 2 heteroatoms. The maximum Gasteiger partial charge on any atom is 0.0456 e. The van der Waals surface area contributed by atoms with Crippen molar-refractivity contribution in [2.75, 3.05) is 7.05 Å². The summed E-state index contributed by atoms with van der Waals surface area (Å²) in [5, 5.41) is 1.32. The van der Waals surface area contributed by atoms with Crippen LogP contribution in [0.2, 0.25) is 0 Å². The second kappa shape index (κ2) is 3.93. The third-order valence-electron chi connectivity index (χ3n) is 1.80. The predicted octanol–water partition coefficient (Wildman–Crippen LogP) is 2.05. The second-order valence-electron chi connectivity index (χ2n) is 2.52. The Labute approximate surface area is 72.4 Å². The second-order valence-corrected chi connectivity index (χ2v) is 2.52. The molecule has 0 aliphatic carbocycles. The molecule has 0 bridgehead atoms. The maximum atomic E-state index is 4.50. The van der Waals surface area contributed by atoms with Gasteiger partial charge in [0.2, 0.25) is 0 Å². The van der Waals surface area contributed by atoms with E-state index in [0.29, 0.717) is 0 Å². The van der Waals surface area contributed by atoms with Crippen LogP contribution in [0, 0.1) is 6.92 Å². The summed E-state index contributed by atoms with van der Waals surface area (Å²) in [5.41, 5.74) is 7.04. The van der Waals surface area contributed by atoms with Gasteiger partial charge in [-0.2, -0.15) is 0 Å². The number of nitrogens with one attached hydrogen (secondary N) is 1. The lowest BCUT2D eigenvalue weighted by Crippen LogP contribution is -1.69. The van der Waals surface area contributed by atoms with Crippen molar-refractivity contribution in [1.29, 1.82) is 0 Å². The lowest BCUT2D eigenvalue weighted by Gasteiger charge is -1.86. The van der Waals surface area contributed by atoms with Crippen LogP contribution in [0.25, 0.3) is 10.9 Å². The summed E-state index contributed by atoms with van der Waals surface area (Å²) >= 11 is 0. The lowest BCUT2D eigenvalue weighted by molar-refractivity contribution is 1.43. The van der Waals surface area contributed by atoms with Crippen molar-refractivity contribution in [2.45, 2.75) is 6.92 Å². The molecule has 0 saturated carbocycles. The maximum absolute atomic E-state index is 4.50. The van der Waals surface area contributed by atoms with Crippen molar-refractivity contribution in [3.63, 3.8) is 0 Å². The Morgan fingerprint density at radius 1 is 1.17 bits per heavy atom. The summed E-state index contributed by atoms with van der Waals surface area (Å²) in [4.78, 5) is 3.19.